The summed E-state index contributed by atoms with van der Waals surface area (Å²) in [5.41, 5.74) is -0.248. The van der Waals surface area contributed by atoms with Gasteiger partial charge in [0.15, 0.2) is 11.5 Å². The van der Waals surface area contributed by atoms with Crippen LogP contribution in [0.3, 0.4) is 0 Å². The summed E-state index contributed by atoms with van der Waals surface area (Å²) in [6, 6.07) is 1.42. The van der Waals surface area contributed by atoms with Crippen LogP contribution in [0.5, 0.6) is 11.5 Å². The molecule has 0 radical (unpaired) electrons. The van der Waals surface area contributed by atoms with Crippen LogP contribution < -0.4 is 14.9 Å². The monoisotopic (exact) mass is 349 g/mol. The normalized spacial score (nSPS) is 13.8. The third-order valence-corrected chi connectivity index (χ3v) is 4.12. The molecule has 6 nitrogen and oxygen atoms in total. The van der Waals surface area contributed by atoms with Crippen molar-refractivity contribution in [3.8, 4) is 11.5 Å². The fourth-order valence-electron chi connectivity index (χ4n) is 2.86. The Kier molecular flexibility index (Phi) is 4.65. The number of methoxy groups -OCH3 is 1. The standard InChI is InChI=1S/C18H20FNO5/c1-4-24-17-14(19)13(23-3)8-11-15(17)20(10-6-7-10)9-12(16(11)21)18(22)25-5-2/h8-10H,4-7H2,1-3H3. The molecule has 134 valence electrons. The van der Waals surface area contributed by atoms with Crippen LogP contribution in [0, 0.1) is 5.82 Å². The molecule has 0 bridgehead atoms. The number of benzene rings is 1. The van der Waals surface area contributed by atoms with Crippen LogP contribution >= 0.6 is 0 Å². The Labute approximate surface area is 144 Å². The van der Waals surface area contributed by atoms with Crippen molar-refractivity contribution in [2.45, 2.75) is 32.7 Å². The van der Waals surface area contributed by atoms with Crippen LogP contribution in [0.15, 0.2) is 17.1 Å². The molecule has 0 amide bonds. The Morgan fingerprint density at radius 3 is 2.60 bits per heavy atom. The molecule has 1 saturated carbocycles. The summed E-state index contributed by atoms with van der Waals surface area (Å²) in [6.07, 6.45) is 3.23. The number of carbonyl (C=O) groups is 1. The molecule has 2 aromatic rings. The summed E-state index contributed by atoms with van der Waals surface area (Å²) < 4.78 is 32.0. The number of pyridine rings is 1. The molecule has 1 aromatic heterocycles. The van der Waals surface area contributed by atoms with E-state index in [9.17, 15) is 14.0 Å². The van der Waals surface area contributed by atoms with E-state index in [1.165, 1.54) is 19.4 Å². The molecule has 1 aromatic carbocycles. The first-order valence-corrected chi connectivity index (χ1v) is 8.28. The van der Waals surface area contributed by atoms with Crippen LogP contribution in [-0.4, -0.2) is 30.9 Å². The lowest BCUT2D eigenvalue weighted by atomic mass is 10.1. The molecule has 1 aliphatic rings. The quantitative estimate of drug-likeness (QED) is 0.750. The van der Waals surface area contributed by atoms with Crippen molar-refractivity contribution in [2.24, 2.45) is 0 Å². The van der Waals surface area contributed by atoms with Gasteiger partial charge in [0, 0.05) is 12.2 Å². The van der Waals surface area contributed by atoms with E-state index < -0.39 is 17.2 Å². The van der Waals surface area contributed by atoms with Crippen LogP contribution in [0.2, 0.25) is 0 Å². The third kappa shape index (κ3) is 2.94. The SMILES string of the molecule is CCOC(=O)c1cn(C2CC2)c2c(OCC)c(F)c(OC)cc2c1=O. The van der Waals surface area contributed by atoms with Crippen LogP contribution in [-0.2, 0) is 4.74 Å². The van der Waals surface area contributed by atoms with Crippen molar-refractivity contribution in [1.82, 2.24) is 4.57 Å². The van der Waals surface area contributed by atoms with E-state index in [2.05, 4.69) is 0 Å². The average Bonchev–Trinajstić information content (AvgIpc) is 3.42. The number of hydrogen-bond acceptors (Lipinski definition) is 5. The van der Waals surface area contributed by atoms with Gasteiger partial charge in [-0.2, -0.15) is 4.39 Å². The molecule has 0 aliphatic heterocycles. The zero-order valence-corrected chi connectivity index (χ0v) is 14.4. The summed E-state index contributed by atoms with van der Waals surface area (Å²) in [6.45, 7) is 3.80. The Bertz CT molecular complexity index is 885. The van der Waals surface area contributed by atoms with Crippen molar-refractivity contribution in [1.29, 1.82) is 0 Å². The first-order chi connectivity index (χ1) is 12.0. The molecule has 3 rings (SSSR count). The summed E-state index contributed by atoms with van der Waals surface area (Å²) in [5.74, 6) is -1.48. The van der Waals surface area contributed by atoms with Gasteiger partial charge < -0.3 is 18.8 Å². The molecule has 7 heteroatoms. The number of fused-ring (bicyclic) bond motifs is 1. The van der Waals surface area contributed by atoms with Crippen LogP contribution in [0.1, 0.15) is 43.1 Å². The Balaban J connectivity index is 2.39. The number of nitrogens with zero attached hydrogens (tertiary/aromatic N) is 1. The zero-order chi connectivity index (χ0) is 18.1. The molecule has 0 unspecified atom stereocenters. The lowest BCUT2D eigenvalue weighted by Crippen LogP contribution is -2.21. The van der Waals surface area contributed by atoms with E-state index >= 15 is 0 Å². The van der Waals surface area contributed by atoms with Crippen molar-refractivity contribution in [3.63, 3.8) is 0 Å². The summed E-state index contributed by atoms with van der Waals surface area (Å²) in [5, 5.41) is 0.180. The second-order valence-corrected chi connectivity index (χ2v) is 5.78. The maximum Gasteiger partial charge on any atom is 0.343 e. The smallest absolute Gasteiger partial charge is 0.343 e. The molecule has 1 heterocycles. The highest BCUT2D eigenvalue weighted by Gasteiger charge is 2.30. The molecule has 25 heavy (non-hydrogen) atoms. The Hall–Kier alpha value is -2.57. The van der Waals surface area contributed by atoms with Gasteiger partial charge in [-0.3, -0.25) is 4.79 Å². The summed E-state index contributed by atoms with van der Waals surface area (Å²) in [4.78, 5) is 25.0. The molecule has 0 saturated heterocycles. The summed E-state index contributed by atoms with van der Waals surface area (Å²) in [7, 11) is 1.31. The van der Waals surface area contributed by atoms with E-state index in [4.69, 9.17) is 14.2 Å². The number of halogens is 1. The number of esters is 1. The highest BCUT2D eigenvalue weighted by molar-refractivity contribution is 5.96. The minimum Gasteiger partial charge on any atom is -0.494 e. The van der Waals surface area contributed by atoms with Crippen LogP contribution in [0.4, 0.5) is 4.39 Å². The Morgan fingerprint density at radius 1 is 1.32 bits per heavy atom. The van der Waals surface area contributed by atoms with E-state index in [0.29, 0.717) is 5.52 Å². The number of ether oxygens (including phenoxy) is 3. The molecule has 1 aliphatic carbocycles. The predicted octanol–water partition coefficient (Wildman–Crippen LogP) is 3.06. The highest BCUT2D eigenvalue weighted by atomic mass is 19.1. The van der Waals surface area contributed by atoms with Crippen molar-refractivity contribution >= 4 is 16.9 Å². The van der Waals surface area contributed by atoms with Gasteiger partial charge in [0.1, 0.15) is 5.56 Å². The molecular weight excluding hydrogens is 329 g/mol. The molecule has 0 N–H and O–H groups in total. The van der Waals surface area contributed by atoms with Gasteiger partial charge in [0.2, 0.25) is 11.2 Å². The minimum absolute atomic E-state index is 0.0312. The van der Waals surface area contributed by atoms with E-state index in [0.717, 1.165) is 12.8 Å². The van der Waals surface area contributed by atoms with E-state index in [1.807, 2.05) is 0 Å². The second-order valence-electron chi connectivity index (χ2n) is 5.78. The maximum atomic E-state index is 14.7. The zero-order valence-electron chi connectivity index (χ0n) is 14.4. The number of hydrogen-bond donors (Lipinski definition) is 0. The van der Waals surface area contributed by atoms with Crippen molar-refractivity contribution in [3.05, 3.63) is 33.9 Å². The van der Waals surface area contributed by atoms with Gasteiger partial charge >= 0.3 is 5.97 Å². The summed E-state index contributed by atoms with van der Waals surface area (Å²) >= 11 is 0. The average molecular weight is 349 g/mol. The fraction of sp³-hybridized carbons (Fsp3) is 0.444. The van der Waals surface area contributed by atoms with E-state index in [1.54, 1.807) is 18.4 Å². The molecule has 0 spiro atoms. The first-order valence-electron chi connectivity index (χ1n) is 8.28. The first kappa shape index (κ1) is 17.3. The Morgan fingerprint density at radius 2 is 2.04 bits per heavy atom. The van der Waals surface area contributed by atoms with Crippen LogP contribution in [0.25, 0.3) is 10.9 Å². The van der Waals surface area contributed by atoms with Crippen molar-refractivity contribution in [2.75, 3.05) is 20.3 Å². The highest BCUT2D eigenvalue weighted by Crippen LogP contribution is 2.42. The lowest BCUT2D eigenvalue weighted by Gasteiger charge is -2.18. The van der Waals surface area contributed by atoms with Gasteiger partial charge in [-0.05, 0) is 32.8 Å². The third-order valence-electron chi connectivity index (χ3n) is 4.12. The molecular formula is C18H20FNO5. The largest absolute Gasteiger partial charge is 0.494 e. The van der Waals surface area contributed by atoms with Crippen molar-refractivity contribution < 1.29 is 23.4 Å². The van der Waals surface area contributed by atoms with Gasteiger partial charge in [0.25, 0.3) is 0 Å². The topological polar surface area (TPSA) is 66.8 Å². The van der Waals surface area contributed by atoms with E-state index in [-0.39, 0.29) is 41.7 Å². The molecule has 1 fully saturated rings. The van der Waals surface area contributed by atoms with Gasteiger partial charge in [-0.15, -0.1) is 0 Å². The second kappa shape index (κ2) is 6.74. The maximum absolute atomic E-state index is 14.7. The molecule has 0 atom stereocenters. The number of aromatic nitrogens is 1. The predicted molar refractivity (Wildman–Crippen MR) is 90.1 cm³/mol. The lowest BCUT2D eigenvalue weighted by molar-refractivity contribution is 0.0524. The van der Waals surface area contributed by atoms with Gasteiger partial charge in [-0.1, -0.05) is 0 Å². The number of carbonyl (C=O) groups excluding carboxylic acids is 1. The number of rotatable bonds is 6. The fourth-order valence-corrected chi connectivity index (χ4v) is 2.86. The van der Waals surface area contributed by atoms with Gasteiger partial charge in [-0.25, -0.2) is 4.79 Å². The minimum atomic E-state index is -0.690. The van der Waals surface area contributed by atoms with Gasteiger partial charge in [0.05, 0.1) is 31.2 Å².